The first-order valence-electron chi connectivity index (χ1n) is 3.63. The maximum absolute atomic E-state index is 13.4. The van der Waals surface area contributed by atoms with Gasteiger partial charge in [0.25, 0.3) is 5.91 Å². The number of benzene rings is 1. The predicted octanol–water partition coefficient (Wildman–Crippen LogP) is 1.95. The molecule has 1 aromatic rings. The van der Waals surface area contributed by atoms with Gasteiger partial charge in [-0.15, -0.1) is 0 Å². The lowest BCUT2D eigenvalue weighted by molar-refractivity contribution is 0.0996. The first-order valence-corrected chi connectivity index (χ1v) is 4.42. The van der Waals surface area contributed by atoms with E-state index in [0.717, 1.165) is 0 Å². The molecule has 1 rings (SSSR count). The number of nitrogens with two attached hydrogens (primary N) is 1. The summed E-state index contributed by atoms with van der Waals surface area (Å²) in [5.41, 5.74) is 4.73. The lowest BCUT2D eigenvalue weighted by Gasteiger charge is -2.03. The van der Waals surface area contributed by atoms with Crippen molar-refractivity contribution >= 4 is 21.8 Å². The Balaban J connectivity index is 3.31. The molecule has 0 bridgehead atoms. The van der Waals surface area contributed by atoms with E-state index in [-0.39, 0.29) is 17.7 Å². The normalized spacial score (nSPS) is 9.86. The predicted molar refractivity (Wildman–Crippen MR) is 52.1 cm³/mol. The molecular weight excluding hydrogens is 255 g/mol. The van der Waals surface area contributed by atoms with Crippen LogP contribution in [0, 0.1) is 10.7 Å². The zero-order chi connectivity index (χ0) is 10.7. The fraction of sp³-hybridized carbons (Fsp3) is 0.125. The number of carbonyl (C=O) groups is 1. The molecule has 0 spiro atoms. The van der Waals surface area contributed by atoms with Gasteiger partial charge in [0.15, 0.2) is 0 Å². The molecule has 4 nitrogen and oxygen atoms in total. The van der Waals surface area contributed by atoms with Crippen LogP contribution in [0.2, 0.25) is 0 Å². The zero-order valence-electron chi connectivity index (χ0n) is 6.96. The van der Waals surface area contributed by atoms with Gasteiger partial charge < -0.3 is 5.73 Å². The van der Waals surface area contributed by atoms with E-state index in [1.54, 1.807) is 0 Å². The van der Waals surface area contributed by atoms with Crippen LogP contribution in [-0.2, 0) is 6.54 Å². The Bertz CT molecular complexity index is 395. The second kappa shape index (κ2) is 4.28. The molecule has 74 valence electrons. The first-order chi connectivity index (χ1) is 6.56. The van der Waals surface area contributed by atoms with Crippen LogP contribution in [0.1, 0.15) is 15.9 Å². The van der Waals surface area contributed by atoms with E-state index in [4.69, 9.17) is 5.73 Å². The number of primary amides is 1. The molecule has 6 heteroatoms. The third-order valence-electron chi connectivity index (χ3n) is 1.61. The lowest BCUT2D eigenvalue weighted by atomic mass is 10.1. The van der Waals surface area contributed by atoms with Gasteiger partial charge in [0.1, 0.15) is 12.4 Å². The smallest absolute Gasteiger partial charge is 0.251 e. The maximum atomic E-state index is 13.4. The Kier molecular flexibility index (Phi) is 3.29. The highest BCUT2D eigenvalue weighted by molar-refractivity contribution is 9.10. The highest BCUT2D eigenvalue weighted by Crippen LogP contribution is 2.20. The van der Waals surface area contributed by atoms with Crippen molar-refractivity contribution in [2.24, 2.45) is 10.9 Å². The number of rotatable bonds is 3. The molecular formula is C8H6BrFN2O2. The topological polar surface area (TPSA) is 72.5 Å². The molecule has 0 aliphatic carbocycles. The number of nitroso groups, excluding NO2 is 1. The average molecular weight is 261 g/mol. The molecule has 14 heavy (non-hydrogen) atoms. The third kappa shape index (κ3) is 2.14. The summed E-state index contributed by atoms with van der Waals surface area (Å²) in [6.45, 7) is -0.328. The SMILES string of the molecule is NC(=O)c1cc(Br)cc(CN=O)c1F. The van der Waals surface area contributed by atoms with Crippen LogP contribution >= 0.6 is 15.9 Å². The van der Waals surface area contributed by atoms with Gasteiger partial charge in [-0.2, -0.15) is 4.91 Å². The summed E-state index contributed by atoms with van der Waals surface area (Å²) in [7, 11) is 0. The van der Waals surface area contributed by atoms with E-state index in [1.807, 2.05) is 0 Å². The number of hydrogen-bond acceptors (Lipinski definition) is 3. The number of nitrogens with zero attached hydrogens (tertiary/aromatic N) is 1. The van der Waals surface area contributed by atoms with Crippen LogP contribution in [0.4, 0.5) is 4.39 Å². The van der Waals surface area contributed by atoms with E-state index < -0.39 is 11.7 Å². The molecule has 0 aliphatic rings. The number of carbonyl (C=O) groups excluding carboxylic acids is 1. The minimum Gasteiger partial charge on any atom is -0.366 e. The van der Waals surface area contributed by atoms with Crippen molar-refractivity contribution in [2.75, 3.05) is 0 Å². The molecule has 0 unspecified atom stereocenters. The van der Waals surface area contributed by atoms with E-state index in [9.17, 15) is 14.1 Å². The largest absolute Gasteiger partial charge is 0.366 e. The summed E-state index contributed by atoms with van der Waals surface area (Å²) in [6, 6.07) is 2.63. The summed E-state index contributed by atoms with van der Waals surface area (Å²) in [6.07, 6.45) is 0. The van der Waals surface area contributed by atoms with E-state index in [0.29, 0.717) is 4.47 Å². The molecule has 0 fully saturated rings. The van der Waals surface area contributed by atoms with E-state index in [1.165, 1.54) is 12.1 Å². The summed E-state index contributed by atoms with van der Waals surface area (Å²) in [5, 5.41) is 2.55. The quantitative estimate of drug-likeness (QED) is 0.844. The molecule has 0 radical (unpaired) electrons. The van der Waals surface area contributed by atoms with Crippen LogP contribution < -0.4 is 5.73 Å². The van der Waals surface area contributed by atoms with Crippen molar-refractivity contribution in [1.29, 1.82) is 0 Å². The molecule has 2 N–H and O–H groups in total. The van der Waals surface area contributed by atoms with Crippen LogP contribution in [0.5, 0.6) is 0 Å². The highest BCUT2D eigenvalue weighted by Gasteiger charge is 2.14. The zero-order valence-corrected chi connectivity index (χ0v) is 8.54. The summed E-state index contributed by atoms with van der Waals surface area (Å²) >= 11 is 3.07. The van der Waals surface area contributed by atoms with Crippen LogP contribution in [0.3, 0.4) is 0 Å². The highest BCUT2D eigenvalue weighted by atomic mass is 79.9. The van der Waals surface area contributed by atoms with Gasteiger partial charge in [-0.3, -0.25) is 4.79 Å². The van der Waals surface area contributed by atoms with Gasteiger partial charge in [0, 0.05) is 10.0 Å². The molecule has 1 amide bonds. The van der Waals surface area contributed by atoms with Crippen molar-refractivity contribution in [1.82, 2.24) is 0 Å². The van der Waals surface area contributed by atoms with Crippen molar-refractivity contribution in [3.8, 4) is 0 Å². The standard InChI is InChI=1S/C8H6BrFN2O2/c9-5-1-4(3-12-14)7(10)6(2-5)8(11)13/h1-2H,3H2,(H2,11,13). The molecule has 0 saturated carbocycles. The number of hydrogen-bond donors (Lipinski definition) is 1. The van der Waals surface area contributed by atoms with Gasteiger partial charge in [-0.1, -0.05) is 21.1 Å². The van der Waals surface area contributed by atoms with Crippen LogP contribution in [0.15, 0.2) is 21.8 Å². The summed E-state index contributed by atoms with van der Waals surface area (Å²) < 4.78 is 13.8. The van der Waals surface area contributed by atoms with Crippen molar-refractivity contribution in [3.05, 3.63) is 38.5 Å². The average Bonchev–Trinajstić information content (AvgIpc) is 2.10. The molecule has 0 heterocycles. The fourth-order valence-electron chi connectivity index (χ4n) is 1.01. The van der Waals surface area contributed by atoms with Gasteiger partial charge in [0.05, 0.1) is 5.56 Å². The van der Waals surface area contributed by atoms with Crippen molar-refractivity contribution in [3.63, 3.8) is 0 Å². The van der Waals surface area contributed by atoms with Gasteiger partial charge in [-0.05, 0) is 12.1 Å². The number of amides is 1. The van der Waals surface area contributed by atoms with Crippen LogP contribution in [0.25, 0.3) is 0 Å². The Labute approximate surface area is 87.4 Å². The molecule has 0 saturated heterocycles. The Morgan fingerprint density at radius 3 is 2.71 bits per heavy atom. The van der Waals surface area contributed by atoms with Gasteiger partial charge >= 0.3 is 0 Å². The molecule has 1 aromatic carbocycles. The number of halogens is 2. The van der Waals surface area contributed by atoms with Crippen molar-refractivity contribution < 1.29 is 9.18 Å². The first kappa shape index (κ1) is 10.8. The minimum atomic E-state index is -0.879. The molecule has 0 aromatic heterocycles. The fourth-order valence-corrected chi connectivity index (χ4v) is 1.51. The monoisotopic (exact) mass is 260 g/mol. The third-order valence-corrected chi connectivity index (χ3v) is 2.07. The van der Waals surface area contributed by atoms with Gasteiger partial charge in [0.2, 0.25) is 0 Å². The molecule has 0 atom stereocenters. The lowest BCUT2D eigenvalue weighted by Crippen LogP contribution is -2.14. The Hall–Kier alpha value is -1.30. The summed E-state index contributed by atoms with van der Waals surface area (Å²) in [4.78, 5) is 20.8. The van der Waals surface area contributed by atoms with Gasteiger partial charge in [-0.25, -0.2) is 4.39 Å². The Morgan fingerprint density at radius 1 is 1.57 bits per heavy atom. The maximum Gasteiger partial charge on any atom is 0.251 e. The summed E-state index contributed by atoms with van der Waals surface area (Å²) in [5.74, 6) is -1.67. The van der Waals surface area contributed by atoms with E-state index >= 15 is 0 Å². The van der Waals surface area contributed by atoms with Crippen LogP contribution in [-0.4, -0.2) is 5.91 Å². The molecule has 0 aliphatic heterocycles. The minimum absolute atomic E-state index is 0.0446. The van der Waals surface area contributed by atoms with Crippen molar-refractivity contribution in [2.45, 2.75) is 6.54 Å². The second-order valence-corrected chi connectivity index (χ2v) is 3.49. The Morgan fingerprint density at radius 2 is 2.21 bits per heavy atom. The van der Waals surface area contributed by atoms with E-state index in [2.05, 4.69) is 21.1 Å². The second-order valence-electron chi connectivity index (χ2n) is 2.58.